The quantitative estimate of drug-likeness (QED) is 0.794. The summed E-state index contributed by atoms with van der Waals surface area (Å²) in [5.41, 5.74) is 5.85. The SMILES string of the molecule is CC(C)(C)[C@@H](N)C(=O)Nc1ccc(C(=O)O)cc1Cl. The van der Waals surface area contributed by atoms with Crippen molar-refractivity contribution in [3.05, 3.63) is 28.8 Å². The summed E-state index contributed by atoms with van der Waals surface area (Å²) >= 11 is 5.92. The van der Waals surface area contributed by atoms with Gasteiger partial charge in [0, 0.05) is 0 Å². The lowest BCUT2D eigenvalue weighted by Crippen LogP contribution is -2.45. The van der Waals surface area contributed by atoms with E-state index in [1.807, 2.05) is 20.8 Å². The summed E-state index contributed by atoms with van der Waals surface area (Å²) in [6.45, 7) is 5.56. The molecule has 0 unspecified atom stereocenters. The van der Waals surface area contributed by atoms with Gasteiger partial charge in [0.1, 0.15) is 0 Å². The van der Waals surface area contributed by atoms with E-state index in [1.165, 1.54) is 18.2 Å². The van der Waals surface area contributed by atoms with Gasteiger partial charge in [0.15, 0.2) is 0 Å². The van der Waals surface area contributed by atoms with Crippen LogP contribution in [0.15, 0.2) is 18.2 Å². The maximum absolute atomic E-state index is 11.9. The Morgan fingerprint density at radius 3 is 2.37 bits per heavy atom. The number of carboxylic acid groups (broad SMARTS) is 1. The van der Waals surface area contributed by atoms with Gasteiger partial charge in [-0.2, -0.15) is 0 Å². The Balaban J connectivity index is 2.89. The van der Waals surface area contributed by atoms with E-state index in [4.69, 9.17) is 22.4 Å². The number of nitrogens with two attached hydrogens (primary N) is 1. The minimum absolute atomic E-state index is 0.0584. The third kappa shape index (κ3) is 3.94. The molecule has 0 aliphatic carbocycles. The van der Waals surface area contributed by atoms with Gasteiger partial charge >= 0.3 is 5.97 Å². The third-order valence-corrected chi connectivity index (χ3v) is 3.00. The van der Waals surface area contributed by atoms with Crippen LogP contribution in [0, 0.1) is 5.41 Å². The van der Waals surface area contributed by atoms with Crippen molar-refractivity contribution in [2.45, 2.75) is 26.8 Å². The molecule has 0 bridgehead atoms. The second kappa shape index (κ2) is 5.59. The highest BCUT2D eigenvalue weighted by molar-refractivity contribution is 6.34. The summed E-state index contributed by atoms with van der Waals surface area (Å²) in [4.78, 5) is 22.7. The average molecular weight is 285 g/mol. The maximum Gasteiger partial charge on any atom is 0.335 e. The molecule has 0 fully saturated rings. The second-order valence-corrected chi connectivity index (χ2v) is 5.74. The number of aromatic carboxylic acids is 1. The van der Waals surface area contributed by atoms with Crippen LogP contribution in [0.1, 0.15) is 31.1 Å². The predicted octanol–water partition coefficient (Wildman–Crippen LogP) is 2.35. The zero-order valence-corrected chi connectivity index (χ0v) is 11.8. The predicted molar refractivity (Wildman–Crippen MR) is 74.5 cm³/mol. The van der Waals surface area contributed by atoms with Crippen molar-refractivity contribution in [1.82, 2.24) is 0 Å². The molecule has 4 N–H and O–H groups in total. The first kappa shape index (κ1) is 15.5. The molecular formula is C13H17ClN2O3. The summed E-state index contributed by atoms with van der Waals surface area (Å²) < 4.78 is 0. The summed E-state index contributed by atoms with van der Waals surface area (Å²) in [6.07, 6.45) is 0. The molecule has 0 aliphatic heterocycles. The highest BCUT2D eigenvalue weighted by atomic mass is 35.5. The largest absolute Gasteiger partial charge is 0.478 e. The Kier molecular flexibility index (Phi) is 4.55. The average Bonchev–Trinajstić information content (AvgIpc) is 2.29. The molecule has 19 heavy (non-hydrogen) atoms. The summed E-state index contributed by atoms with van der Waals surface area (Å²) in [7, 11) is 0. The lowest BCUT2D eigenvalue weighted by Gasteiger charge is -2.26. The fourth-order valence-corrected chi connectivity index (χ4v) is 1.58. The van der Waals surface area contributed by atoms with E-state index in [1.54, 1.807) is 0 Å². The van der Waals surface area contributed by atoms with Crippen molar-refractivity contribution in [3.63, 3.8) is 0 Å². The molecule has 1 amide bonds. The summed E-state index contributed by atoms with van der Waals surface area (Å²) in [6, 6.07) is 3.40. The zero-order valence-electron chi connectivity index (χ0n) is 11.0. The number of carbonyl (C=O) groups excluding carboxylic acids is 1. The Morgan fingerprint density at radius 1 is 1.37 bits per heavy atom. The van der Waals surface area contributed by atoms with Crippen LogP contribution in [0.25, 0.3) is 0 Å². The highest BCUT2D eigenvalue weighted by Gasteiger charge is 2.27. The lowest BCUT2D eigenvalue weighted by atomic mass is 9.87. The van der Waals surface area contributed by atoms with Crippen LogP contribution in [-0.4, -0.2) is 23.0 Å². The van der Waals surface area contributed by atoms with Gasteiger partial charge < -0.3 is 16.2 Å². The van der Waals surface area contributed by atoms with Crippen molar-refractivity contribution < 1.29 is 14.7 Å². The molecule has 0 radical (unpaired) electrons. The summed E-state index contributed by atoms with van der Waals surface area (Å²) in [5.74, 6) is -1.44. The van der Waals surface area contributed by atoms with Gasteiger partial charge in [-0.05, 0) is 23.6 Å². The molecule has 0 aromatic heterocycles. The standard InChI is InChI=1S/C13H17ClN2O3/c1-13(2,3)10(15)11(17)16-9-5-4-7(12(18)19)6-8(9)14/h4-6,10H,15H2,1-3H3,(H,16,17)(H,18,19)/t10-/m0/s1. The van der Waals surface area contributed by atoms with Crippen LogP contribution in [0.5, 0.6) is 0 Å². The number of benzene rings is 1. The first-order valence-electron chi connectivity index (χ1n) is 5.72. The third-order valence-electron chi connectivity index (χ3n) is 2.69. The Morgan fingerprint density at radius 2 is 1.95 bits per heavy atom. The molecule has 0 saturated heterocycles. The molecule has 0 saturated carbocycles. The molecule has 1 aromatic carbocycles. The molecule has 1 rings (SSSR count). The molecule has 1 atom stereocenters. The number of rotatable bonds is 3. The number of carbonyl (C=O) groups is 2. The van der Waals surface area contributed by atoms with Gasteiger partial charge in [0.25, 0.3) is 0 Å². The molecule has 0 heterocycles. The Hall–Kier alpha value is -1.59. The molecule has 0 spiro atoms. The van der Waals surface area contributed by atoms with Gasteiger partial charge in [-0.15, -0.1) is 0 Å². The summed E-state index contributed by atoms with van der Waals surface area (Å²) in [5, 5.41) is 11.6. The second-order valence-electron chi connectivity index (χ2n) is 5.33. The van der Waals surface area contributed by atoms with Gasteiger partial charge in [-0.25, -0.2) is 4.79 Å². The zero-order chi connectivity index (χ0) is 14.8. The normalized spacial score (nSPS) is 12.9. The molecule has 5 nitrogen and oxygen atoms in total. The Bertz CT molecular complexity index is 509. The van der Waals surface area contributed by atoms with E-state index in [2.05, 4.69) is 5.32 Å². The first-order chi connectivity index (χ1) is 8.62. The van der Waals surface area contributed by atoms with Gasteiger partial charge in [0.2, 0.25) is 5.91 Å². The van der Waals surface area contributed by atoms with Crippen LogP contribution in [0.2, 0.25) is 5.02 Å². The van der Waals surface area contributed by atoms with Crippen LogP contribution in [-0.2, 0) is 4.79 Å². The van der Waals surface area contributed by atoms with Gasteiger partial charge in [-0.3, -0.25) is 4.79 Å². The van der Waals surface area contributed by atoms with Crippen molar-refractivity contribution in [2.24, 2.45) is 11.1 Å². The van der Waals surface area contributed by atoms with Crippen LogP contribution in [0.3, 0.4) is 0 Å². The number of hydrogen-bond donors (Lipinski definition) is 3. The monoisotopic (exact) mass is 284 g/mol. The number of hydrogen-bond acceptors (Lipinski definition) is 3. The fourth-order valence-electron chi connectivity index (χ4n) is 1.35. The van der Waals surface area contributed by atoms with Crippen LogP contribution >= 0.6 is 11.6 Å². The Labute approximate surface area is 116 Å². The minimum atomic E-state index is -1.08. The van der Waals surface area contributed by atoms with E-state index in [-0.39, 0.29) is 21.9 Å². The molecule has 6 heteroatoms. The fraction of sp³-hybridized carbons (Fsp3) is 0.385. The van der Waals surface area contributed by atoms with Crippen LogP contribution < -0.4 is 11.1 Å². The highest BCUT2D eigenvalue weighted by Crippen LogP contribution is 2.25. The van der Waals surface area contributed by atoms with E-state index in [9.17, 15) is 9.59 Å². The lowest BCUT2D eigenvalue weighted by molar-refractivity contribution is -0.119. The van der Waals surface area contributed by atoms with E-state index in [0.29, 0.717) is 5.69 Å². The molecular weight excluding hydrogens is 268 g/mol. The van der Waals surface area contributed by atoms with Crippen molar-refractivity contribution >= 4 is 29.2 Å². The van der Waals surface area contributed by atoms with Gasteiger partial charge in [0.05, 0.1) is 22.3 Å². The van der Waals surface area contributed by atoms with E-state index >= 15 is 0 Å². The van der Waals surface area contributed by atoms with E-state index in [0.717, 1.165) is 0 Å². The maximum atomic E-state index is 11.9. The number of nitrogens with one attached hydrogen (secondary N) is 1. The minimum Gasteiger partial charge on any atom is -0.478 e. The van der Waals surface area contributed by atoms with Gasteiger partial charge in [-0.1, -0.05) is 32.4 Å². The smallest absolute Gasteiger partial charge is 0.335 e. The van der Waals surface area contributed by atoms with Crippen molar-refractivity contribution in [2.75, 3.05) is 5.32 Å². The van der Waals surface area contributed by atoms with Crippen molar-refractivity contribution in [3.8, 4) is 0 Å². The number of amides is 1. The molecule has 0 aliphatic rings. The molecule has 104 valence electrons. The number of halogens is 1. The molecule has 1 aromatic rings. The number of carboxylic acids is 1. The van der Waals surface area contributed by atoms with Crippen LogP contribution in [0.4, 0.5) is 5.69 Å². The van der Waals surface area contributed by atoms with E-state index < -0.39 is 12.0 Å². The van der Waals surface area contributed by atoms with Crippen molar-refractivity contribution in [1.29, 1.82) is 0 Å². The first-order valence-corrected chi connectivity index (χ1v) is 6.10. The topological polar surface area (TPSA) is 92.4 Å². The number of anilines is 1.